The molecule has 0 aliphatic heterocycles. The third kappa shape index (κ3) is 3.64. The summed E-state index contributed by atoms with van der Waals surface area (Å²) in [5.41, 5.74) is 0.831. The number of thioether (sulfide) groups is 1. The molecule has 1 rings (SSSR count). The minimum Gasteiger partial charge on any atom is -0.478 e. The second-order valence-electron chi connectivity index (χ2n) is 3.74. The van der Waals surface area contributed by atoms with Gasteiger partial charge in [0.25, 0.3) is 0 Å². The number of anilines is 1. The van der Waals surface area contributed by atoms with E-state index in [1.807, 2.05) is 13.2 Å². The Hall–Kier alpha value is -1.20. The van der Waals surface area contributed by atoms with Crippen LogP contribution < -0.4 is 5.32 Å². The Labute approximate surface area is 105 Å². The molecule has 3 N–H and O–H groups in total. The van der Waals surface area contributed by atoms with Gasteiger partial charge in [0.2, 0.25) is 0 Å². The second-order valence-corrected chi connectivity index (χ2v) is 4.82. The van der Waals surface area contributed by atoms with Crippen molar-refractivity contribution in [1.29, 1.82) is 0 Å². The Kier molecular flexibility index (Phi) is 5.31. The molecule has 4 nitrogen and oxygen atoms in total. The number of hydrogen-bond donors (Lipinski definition) is 3. The standard InChI is InChI=1S/C12H17NO3S/c1-8(11(7-14)17-2)13-10-6-4-3-5-9(10)12(15)16/h3-6,8,11,13-14H,7H2,1-2H3,(H,15,16). The Morgan fingerprint density at radius 3 is 2.65 bits per heavy atom. The van der Waals surface area contributed by atoms with E-state index in [1.165, 1.54) is 0 Å². The molecule has 0 saturated heterocycles. The lowest BCUT2D eigenvalue weighted by Crippen LogP contribution is -2.31. The second kappa shape index (κ2) is 6.51. The van der Waals surface area contributed by atoms with Gasteiger partial charge in [0, 0.05) is 17.0 Å². The molecule has 0 fully saturated rings. The molecule has 17 heavy (non-hydrogen) atoms. The smallest absolute Gasteiger partial charge is 0.337 e. The first-order chi connectivity index (χ1) is 8.10. The minimum absolute atomic E-state index is 0.00417. The number of aliphatic hydroxyl groups is 1. The summed E-state index contributed by atoms with van der Waals surface area (Å²) in [6.07, 6.45) is 1.92. The summed E-state index contributed by atoms with van der Waals surface area (Å²) in [4.78, 5) is 11.0. The lowest BCUT2D eigenvalue weighted by Gasteiger charge is -2.23. The topological polar surface area (TPSA) is 69.6 Å². The first kappa shape index (κ1) is 13.9. The summed E-state index contributed by atoms with van der Waals surface area (Å²) in [5.74, 6) is -0.954. The van der Waals surface area contributed by atoms with Crippen LogP contribution >= 0.6 is 11.8 Å². The number of nitrogens with one attached hydrogen (secondary N) is 1. The van der Waals surface area contributed by atoms with Crippen molar-refractivity contribution in [2.45, 2.75) is 18.2 Å². The van der Waals surface area contributed by atoms with Crippen LogP contribution in [0.1, 0.15) is 17.3 Å². The SMILES string of the molecule is CSC(CO)C(C)Nc1ccccc1C(=O)O. The van der Waals surface area contributed by atoms with Crippen LogP contribution in [-0.4, -0.2) is 40.3 Å². The number of aromatic carboxylic acids is 1. The lowest BCUT2D eigenvalue weighted by atomic mass is 10.1. The Morgan fingerprint density at radius 1 is 1.47 bits per heavy atom. The summed E-state index contributed by atoms with van der Waals surface area (Å²) < 4.78 is 0. The van der Waals surface area contributed by atoms with Crippen molar-refractivity contribution in [3.8, 4) is 0 Å². The van der Waals surface area contributed by atoms with Gasteiger partial charge < -0.3 is 15.5 Å². The summed E-state index contributed by atoms with van der Waals surface area (Å²) in [6, 6.07) is 6.76. The third-order valence-electron chi connectivity index (χ3n) is 2.58. The predicted molar refractivity (Wildman–Crippen MR) is 70.9 cm³/mol. The number of para-hydroxylation sites is 1. The van der Waals surface area contributed by atoms with Crippen LogP contribution in [0, 0.1) is 0 Å². The van der Waals surface area contributed by atoms with E-state index in [9.17, 15) is 9.90 Å². The number of carbonyl (C=O) groups is 1. The van der Waals surface area contributed by atoms with Gasteiger partial charge in [-0.15, -0.1) is 0 Å². The monoisotopic (exact) mass is 255 g/mol. The molecule has 0 heterocycles. The maximum Gasteiger partial charge on any atom is 0.337 e. The fourth-order valence-electron chi connectivity index (χ4n) is 1.57. The fourth-order valence-corrected chi connectivity index (χ4v) is 2.20. The van der Waals surface area contributed by atoms with Crippen LogP contribution in [0.25, 0.3) is 0 Å². The van der Waals surface area contributed by atoms with Crippen molar-refractivity contribution in [1.82, 2.24) is 0 Å². The number of carboxylic acids is 1. The normalized spacial score (nSPS) is 14.1. The number of carboxylic acid groups (broad SMARTS) is 1. The van der Waals surface area contributed by atoms with Gasteiger partial charge in [0.15, 0.2) is 0 Å². The van der Waals surface area contributed by atoms with Gasteiger partial charge in [-0.05, 0) is 25.3 Å². The van der Waals surface area contributed by atoms with E-state index in [1.54, 1.807) is 36.0 Å². The van der Waals surface area contributed by atoms with Crippen LogP contribution in [0.5, 0.6) is 0 Å². The van der Waals surface area contributed by atoms with Crippen LogP contribution in [0.2, 0.25) is 0 Å². The first-order valence-electron chi connectivity index (χ1n) is 5.32. The Bertz CT molecular complexity index is 380. The number of benzene rings is 1. The third-order valence-corrected chi connectivity index (χ3v) is 3.74. The summed E-state index contributed by atoms with van der Waals surface area (Å²) in [5, 5.41) is 21.4. The Balaban J connectivity index is 2.84. The molecular formula is C12H17NO3S. The van der Waals surface area contributed by atoms with Crippen molar-refractivity contribution < 1.29 is 15.0 Å². The van der Waals surface area contributed by atoms with Gasteiger partial charge in [0.05, 0.1) is 12.2 Å². The highest BCUT2D eigenvalue weighted by Crippen LogP contribution is 2.19. The molecule has 0 spiro atoms. The van der Waals surface area contributed by atoms with E-state index in [0.717, 1.165) is 0 Å². The molecule has 0 bridgehead atoms. The zero-order valence-electron chi connectivity index (χ0n) is 9.88. The molecule has 1 aromatic carbocycles. The highest BCUT2D eigenvalue weighted by atomic mass is 32.2. The van der Waals surface area contributed by atoms with Crippen molar-refractivity contribution in [3.63, 3.8) is 0 Å². The molecule has 0 aliphatic rings. The molecule has 2 unspecified atom stereocenters. The molecule has 0 amide bonds. The number of hydrogen-bond acceptors (Lipinski definition) is 4. The Morgan fingerprint density at radius 2 is 2.12 bits per heavy atom. The molecular weight excluding hydrogens is 238 g/mol. The van der Waals surface area contributed by atoms with Crippen molar-refractivity contribution in [2.75, 3.05) is 18.2 Å². The van der Waals surface area contributed by atoms with E-state index in [0.29, 0.717) is 5.69 Å². The van der Waals surface area contributed by atoms with Gasteiger partial charge in [0.1, 0.15) is 0 Å². The van der Waals surface area contributed by atoms with Crippen LogP contribution in [-0.2, 0) is 0 Å². The minimum atomic E-state index is -0.954. The number of rotatable bonds is 6. The molecule has 1 aromatic rings. The number of aliphatic hydroxyl groups excluding tert-OH is 1. The van der Waals surface area contributed by atoms with Crippen LogP contribution in [0.3, 0.4) is 0 Å². The highest BCUT2D eigenvalue weighted by molar-refractivity contribution is 7.99. The summed E-state index contributed by atoms with van der Waals surface area (Å²) in [6.45, 7) is 1.99. The molecule has 0 aromatic heterocycles. The van der Waals surface area contributed by atoms with Gasteiger partial charge in [-0.3, -0.25) is 0 Å². The van der Waals surface area contributed by atoms with E-state index in [-0.39, 0.29) is 23.5 Å². The van der Waals surface area contributed by atoms with Crippen LogP contribution in [0.4, 0.5) is 5.69 Å². The van der Waals surface area contributed by atoms with Crippen molar-refractivity contribution in [3.05, 3.63) is 29.8 Å². The van der Waals surface area contributed by atoms with E-state index in [2.05, 4.69) is 5.32 Å². The van der Waals surface area contributed by atoms with Crippen LogP contribution in [0.15, 0.2) is 24.3 Å². The van der Waals surface area contributed by atoms with Crippen molar-refractivity contribution in [2.24, 2.45) is 0 Å². The maximum atomic E-state index is 11.0. The molecule has 2 atom stereocenters. The molecule has 0 aliphatic carbocycles. The van der Waals surface area contributed by atoms with Crippen molar-refractivity contribution >= 4 is 23.4 Å². The highest BCUT2D eigenvalue weighted by Gasteiger charge is 2.17. The zero-order chi connectivity index (χ0) is 12.8. The lowest BCUT2D eigenvalue weighted by molar-refractivity contribution is 0.0698. The predicted octanol–water partition coefficient (Wildman–Crippen LogP) is 1.91. The van der Waals surface area contributed by atoms with Gasteiger partial charge in [-0.2, -0.15) is 11.8 Å². The van der Waals surface area contributed by atoms with E-state index in [4.69, 9.17) is 5.11 Å². The quantitative estimate of drug-likeness (QED) is 0.724. The molecule has 0 radical (unpaired) electrons. The average molecular weight is 255 g/mol. The zero-order valence-corrected chi connectivity index (χ0v) is 10.7. The fraction of sp³-hybridized carbons (Fsp3) is 0.417. The van der Waals surface area contributed by atoms with Gasteiger partial charge in [-0.25, -0.2) is 4.79 Å². The van der Waals surface area contributed by atoms with E-state index >= 15 is 0 Å². The average Bonchev–Trinajstić information content (AvgIpc) is 2.31. The molecule has 94 valence electrons. The largest absolute Gasteiger partial charge is 0.478 e. The summed E-state index contributed by atoms with van der Waals surface area (Å²) >= 11 is 1.55. The summed E-state index contributed by atoms with van der Waals surface area (Å²) in [7, 11) is 0. The van der Waals surface area contributed by atoms with Gasteiger partial charge >= 0.3 is 5.97 Å². The first-order valence-corrected chi connectivity index (χ1v) is 6.61. The van der Waals surface area contributed by atoms with Gasteiger partial charge in [-0.1, -0.05) is 12.1 Å². The molecule has 5 heteroatoms. The maximum absolute atomic E-state index is 11.0. The van der Waals surface area contributed by atoms with E-state index < -0.39 is 5.97 Å². The molecule has 0 saturated carbocycles.